The Morgan fingerprint density at radius 1 is 1.40 bits per heavy atom. The summed E-state index contributed by atoms with van der Waals surface area (Å²) in [5, 5.41) is 16.3. The number of carboxylic acid groups (broad SMARTS) is 1. The van der Waals surface area contributed by atoms with Gasteiger partial charge in [-0.05, 0) is 41.7 Å². The van der Waals surface area contributed by atoms with Gasteiger partial charge in [-0.3, -0.25) is 0 Å². The van der Waals surface area contributed by atoms with Crippen molar-refractivity contribution in [1.82, 2.24) is 10.6 Å². The van der Waals surface area contributed by atoms with Crippen molar-refractivity contribution in [3.63, 3.8) is 0 Å². The van der Waals surface area contributed by atoms with Crippen LogP contribution in [0.3, 0.4) is 0 Å². The van der Waals surface area contributed by atoms with E-state index in [-0.39, 0.29) is 0 Å². The maximum Gasteiger partial charge on any atom is 0.331 e. The number of hydrogen-bond acceptors (Lipinski definition) is 4. The first kappa shape index (κ1) is 15.2. The molecule has 2 rings (SSSR count). The monoisotopic (exact) mass is 314 g/mol. The van der Waals surface area contributed by atoms with Gasteiger partial charge in [0.2, 0.25) is 0 Å². The zero-order valence-corrected chi connectivity index (χ0v) is 12.6. The van der Waals surface area contributed by atoms with Gasteiger partial charge in [-0.1, -0.05) is 6.07 Å². The van der Waals surface area contributed by atoms with Crippen LogP contribution in [0.25, 0.3) is 0 Å². The molecule has 0 saturated carbocycles. The van der Waals surface area contributed by atoms with E-state index in [0.29, 0.717) is 17.3 Å². The average Bonchev–Trinajstić information content (AvgIpc) is 2.97. The Morgan fingerprint density at radius 3 is 2.75 bits per heavy atom. The van der Waals surface area contributed by atoms with Crippen LogP contribution in [-0.4, -0.2) is 35.2 Å². The lowest BCUT2D eigenvalue weighted by Gasteiger charge is -2.22. The predicted octanol–water partition coefficient (Wildman–Crippen LogP) is 2.32. The molecular formula is C13H18N2O3S2. The van der Waals surface area contributed by atoms with E-state index in [1.54, 1.807) is 17.5 Å². The molecular weight excluding hydrogens is 296 g/mol. The van der Waals surface area contributed by atoms with Gasteiger partial charge in [-0.25, -0.2) is 9.59 Å². The van der Waals surface area contributed by atoms with Gasteiger partial charge >= 0.3 is 12.0 Å². The fourth-order valence-electron chi connectivity index (χ4n) is 2.08. The van der Waals surface area contributed by atoms with Crippen molar-refractivity contribution in [3.8, 4) is 0 Å². The molecule has 1 aliphatic rings. The number of carbonyl (C=O) groups excluding carboxylic acids is 1. The van der Waals surface area contributed by atoms with Crippen LogP contribution < -0.4 is 10.6 Å². The Kier molecular flexibility index (Phi) is 5.72. The molecule has 1 atom stereocenters. The summed E-state index contributed by atoms with van der Waals surface area (Å²) < 4.78 is 0. The summed E-state index contributed by atoms with van der Waals surface area (Å²) in [4.78, 5) is 23.6. The number of aliphatic carboxylic acids is 1. The summed E-state index contributed by atoms with van der Waals surface area (Å²) in [5.41, 5.74) is 0. The third-order valence-electron chi connectivity index (χ3n) is 3.24. The van der Waals surface area contributed by atoms with Gasteiger partial charge in [0.25, 0.3) is 0 Å². The molecule has 2 heterocycles. The van der Waals surface area contributed by atoms with Crippen molar-refractivity contribution in [2.45, 2.75) is 18.9 Å². The maximum atomic E-state index is 11.8. The molecule has 1 unspecified atom stereocenters. The first-order valence-electron chi connectivity index (χ1n) is 6.55. The number of urea groups is 1. The fraction of sp³-hybridized carbons (Fsp3) is 0.538. The molecule has 3 N–H and O–H groups in total. The van der Waals surface area contributed by atoms with E-state index in [0.717, 1.165) is 24.3 Å². The van der Waals surface area contributed by atoms with Crippen molar-refractivity contribution in [3.05, 3.63) is 22.4 Å². The summed E-state index contributed by atoms with van der Waals surface area (Å²) in [5.74, 6) is 1.74. The van der Waals surface area contributed by atoms with Gasteiger partial charge < -0.3 is 15.7 Å². The first-order chi connectivity index (χ1) is 9.66. The van der Waals surface area contributed by atoms with Gasteiger partial charge in [-0.2, -0.15) is 11.8 Å². The molecule has 20 heavy (non-hydrogen) atoms. The van der Waals surface area contributed by atoms with Gasteiger partial charge in [0.1, 0.15) is 0 Å². The van der Waals surface area contributed by atoms with Crippen LogP contribution in [0.5, 0.6) is 0 Å². The average molecular weight is 314 g/mol. The minimum absolute atomic E-state index is 0.413. The summed E-state index contributed by atoms with van der Waals surface area (Å²) >= 11 is 3.26. The Hall–Kier alpha value is -1.21. The highest BCUT2D eigenvalue weighted by molar-refractivity contribution is 7.99. The molecule has 7 heteroatoms. The van der Waals surface area contributed by atoms with E-state index in [2.05, 4.69) is 10.6 Å². The number of rotatable bonds is 5. The second-order valence-electron chi connectivity index (χ2n) is 4.70. The number of amides is 2. The van der Waals surface area contributed by atoms with E-state index in [9.17, 15) is 14.7 Å². The van der Waals surface area contributed by atoms with Crippen LogP contribution in [0.1, 0.15) is 23.8 Å². The minimum atomic E-state index is -1.04. The van der Waals surface area contributed by atoms with Crippen LogP contribution in [0, 0.1) is 5.92 Å². The standard InChI is InChI=1S/C13H18N2O3S2/c16-12(17)11(10-2-1-5-20-10)15-13(18)14-8-9-3-6-19-7-4-9/h1-2,5,9,11H,3-4,6-8H2,(H,16,17)(H2,14,15,18). The predicted molar refractivity (Wildman–Crippen MR) is 81.3 cm³/mol. The molecule has 2 amide bonds. The van der Waals surface area contributed by atoms with Crippen molar-refractivity contribution in [1.29, 1.82) is 0 Å². The molecule has 1 aromatic heterocycles. The fourth-order valence-corrected chi connectivity index (χ4v) is 4.05. The lowest BCUT2D eigenvalue weighted by atomic mass is 10.0. The number of carboxylic acids is 1. The largest absolute Gasteiger partial charge is 0.479 e. The van der Waals surface area contributed by atoms with Crippen LogP contribution in [0.15, 0.2) is 17.5 Å². The highest BCUT2D eigenvalue weighted by Gasteiger charge is 2.23. The van der Waals surface area contributed by atoms with E-state index in [1.165, 1.54) is 11.3 Å². The molecule has 1 saturated heterocycles. The van der Waals surface area contributed by atoms with Gasteiger partial charge in [-0.15, -0.1) is 11.3 Å². The zero-order valence-electron chi connectivity index (χ0n) is 11.0. The Morgan fingerprint density at radius 2 is 2.15 bits per heavy atom. The second-order valence-corrected chi connectivity index (χ2v) is 6.90. The van der Waals surface area contributed by atoms with Crippen LogP contribution in [0.2, 0.25) is 0 Å². The normalized spacial score (nSPS) is 17.4. The highest BCUT2D eigenvalue weighted by atomic mass is 32.2. The molecule has 5 nitrogen and oxygen atoms in total. The molecule has 0 aliphatic carbocycles. The molecule has 1 fully saturated rings. The lowest BCUT2D eigenvalue weighted by molar-refractivity contribution is -0.139. The second kappa shape index (κ2) is 7.54. The zero-order chi connectivity index (χ0) is 14.4. The molecule has 110 valence electrons. The van der Waals surface area contributed by atoms with E-state index >= 15 is 0 Å². The first-order valence-corrected chi connectivity index (χ1v) is 8.58. The Labute approximate surface area is 126 Å². The van der Waals surface area contributed by atoms with Crippen molar-refractivity contribution in [2.75, 3.05) is 18.1 Å². The van der Waals surface area contributed by atoms with E-state index in [4.69, 9.17) is 0 Å². The van der Waals surface area contributed by atoms with Crippen molar-refractivity contribution in [2.24, 2.45) is 5.92 Å². The van der Waals surface area contributed by atoms with Gasteiger partial charge in [0.15, 0.2) is 6.04 Å². The summed E-state index contributed by atoms with van der Waals surface area (Å²) in [6.45, 7) is 0.614. The Bertz CT molecular complexity index is 444. The molecule has 0 aromatic carbocycles. The molecule has 1 aliphatic heterocycles. The van der Waals surface area contributed by atoms with Crippen molar-refractivity contribution >= 4 is 35.1 Å². The lowest BCUT2D eigenvalue weighted by Crippen LogP contribution is -2.42. The third kappa shape index (κ3) is 4.42. The molecule has 0 bridgehead atoms. The summed E-state index contributed by atoms with van der Waals surface area (Å²) in [7, 11) is 0. The van der Waals surface area contributed by atoms with E-state index in [1.807, 2.05) is 11.8 Å². The molecule has 1 aromatic rings. The summed E-state index contributed by atoms with van der Waals surface area (Å²) in [6.07, 6.45) is 2.22. The number of nitrogens with one attached hydrogen (secondary N) is 2. The minimum Gasteiger partial charge on any atom is -0.479 e. The number of carbonyl (C=O) groups is 2. The van der Waals surface area contributed by atoms with Crippen LogP contribution in [0.4, 0.5) is 4.79 Å². The third-order valence-corrected chi connectivity index (χ3v) is 5.23. The number of thioether (sulfide) groups is 1. The summed E-state index contributed by atoms with van der Waals surface area (Å²) in [6, 6.07) is 2.10. The van der Waals surface area contributed by atoms with Crippen LogP contribution in [-0.2, 0) is 4.79 Å². The number of thiophene rings is 1. The molecule has 0 radical (unpaired) electrons. The Balaban J connectivity index is 1.81. The quantitative estimate of drug-likeness (QED) is 0.779. The topological polar surface area (TPSA) is 78.4 Å². The maximum absolute atomic E-state index is 11.8. The smallest absolute Gasteiger partial charge is 0.331 e. The van der Waals surface area contributed by atoms with Crippen LogP contribution >= 0.6 is 23.1 Å². The van der Waals surface area contributed by atoms with Gasteiger partial charge in [0.05, 0.1) is 0 Å². The molecule has 0 spiro atoms. The van der Waals surface area contributed by atoms with E-state index < -0.39 is 18.0 Å². The number of hydrogen-bond donors (Lipinski definition) is 3. The highest BCUT2D eigenvalue weighted by Crippen LogP contribution is 2.22. The SMILES string of the molecule is O=C(NCC1CCSCC1)NC(C(=O)O)c1cccs1. The van der Waals surface area contributed by atoms with Gasteiger partial charge in [0, 0.05) is 11.4 Å². The van der Waals surface area contributed by atoms with Crippen molar-refractivity contribution < 1.29 is 14.7 Å².